The number of likely N-dealkylation sites (tertiary alicyclic amines) is 1. The SMILES string of the molecule is COc1ccc(F)cc1C(=O)N[C@@H]1COC[C@H]1N1CCCCC1. The average Bonchev–Trinajstić information content (AvgIpc) is 3.03. The fourth-order valence-corrected chi connectivity index (χ4v) is 3.39. The maximum atomic E-state index is 13.5. The molecule has 0 unspecified atom stereocenters. The standard InChI is InChI=1S/C17H23FN2O3/c1-22-16-6-5-12(18)9-13(16)17(21)19-14-10-23-11-15(14)20-7-3-2-4-8-20/h5-6,9,14-15H,2-4,7-8,10-11H2,1H3,(H,19,21)/t14-,15-/m1/s1. The molecule has 0 aliphatic carbocycles. The molecule has 6 heteroatoms. The van der Waals surface area contributed by atoms with Gasteiger partial charge in [-0.05, 0) is 44.1 Å². The Morgan fingerprint density at radius 3 is 2.83 bits per heavy atom. The van der Waals surface area contributed by atoms with Gasteiger partial charge in [0.2, 0.25) is 0 Å². The Morgan fingerprint density at radius 1 is 1.30 bits per heavy atom. The van der Waals surface area contributed by atoms with Crippen molar-refractivity contribution in [3.63, 3.8) is 0 Å². The molecule has 2 atom stereocenters. The molecule has 0 aromatic heterocycles. The van der Waals surface area contributed by atoms with E-state index in [0.29, 0.717) is 19.0 Å². The van der Waals surface area contributed by atoms with Gasteiger partial charge in [-0.2, -0.15) is 0 Å². The molecule has 0 bridgehead atoms. The van der Waals surface area contributed by atoms with E-state index in [1.807, 2.05) is 0 Å². The van der Waals surface area contributed by atoms with Gasteiger partial charge in [0.05, 0.1) is 38.0 Å². The van der Waals surface area contributed by atoms with Crippen LogP contribution in [0, 0.1) is 5.82 Å². The molecule has 0 spiro atoms. The van der Waals surface area contributed by atoms with Crippen LogP contribution in [0.5, 0.6) is 5.75 Å². The van der Waals surface area contributed by atoms with Gasteiger partial charge in [-0.25, -0.2) is 4.39 Å². The van der Waals surface area contributed by atoms with Crippen molar-refractivity contribution in [2.75, 3.05) is 33.4 Å². The van der Waals surface area contributed by atoms with E-state index in [2.05, 4.69) is 10.2 Å². The van der Waals surface area contributed by atoms with Crippen LogP contribution >= 0.6 is 0 Å². The van der Waals surface area contributed by atoms with Crippen molar-refractivity contribution in [3.8, 4) is 5.75 Å². The summed E-state index contributed by atoms with van der Waals surface area (Å²) >= 11 is 0. The number of nitrogens with zero attached hydrogens (tertiary/aromatic N) is 1. The Kier molecular flexibility index (Phi) is 5.13. The molecule has 1 amide bonds. The van der Waals surface area contributed by atoms with Crippen LogP contribution < -0.4 is 10.1 Å². The molecule has 2 saturated heterocycles. The Morgan fingerprint density at radius 2 is 2.09 bits per heavy atom. The minimum Gasteiger partial charge on any atom is -0.496 e. The molecule has 126 valence electrons. The van der Waals surface area contributed by atoms with Crippen LogP contribution in [0.3, 0.4) is 0 Å². The number of rotatable bonds is 4. The molecule has 2 aliphatic heterocycles. The zero-order valence-electron chi connectivity index (χ0n) is 13.4. The quantitative estimate of drug-likeness (QED) is 0.919. The number of nitrogens with one attached hydrogen (secondary N) is 1. The fourth-order valence-electron chi connectivity index (χ4n) is 3.39. The summed E-state index contributed by atoms with van der Waals surface area (Å²) in [6, 6.07) is 4.08. The first kappa shape index (κ1) is 16.2. The van der Waals surface area contributed by atoms with Crippen LogP contribution in [0.4, 0.5) is 4.39 Å². The maximum Gasteiger partial charge on any atom is 0.255 e. The molecule has 23 heavy (non-hydrogen) atoms. The molecule has 2 fully saturated rings. The maximum absolute atomic E-state index is 13.5. The lowest BCUT2D eigenvalue weighted by Crippen LogP contribution is -2.52. The third-order valence-corrected chi connectivity index (χ3v) is 4.63. The third-order valence-electron chi connectivity index (χ3n) is 4.63. The van der Waals surface area contributed by atoms with Crippen LogP contribution in [0.2, 0.25) is 0 Å². The number of halogens is 1. The molecule has 0 radical (unpaired) electrons. The molecule has 2 heterocycles. The molecule has 0 saturated carbocycles. The Hall–Kier alpha value is -1.66. The molecule has 3 rings (SSSR count). The zero-order valence-corrected chi connectivity index (χ0v) is 13.4. The van der Waals surface area contributed by atoms with Crippen molar-refractivity contribution < 1.29 is 18.7 Å². The van der Waals surface area contributed by atoms with Gasteiger partial charge >= 0.3 is 0 Å². The molecule has 1 aromatic rings. The average molecular weight is 322 g/mol. The zero-order chi connectivity index (χ0) is 16.2. The minimum absolute atomic E-state index is 0.0754. The van der Waals surface area contributed by atoms with Gasteiger partial charge in [-0.3, -0.25) is 9.69 Å². The second-order valence-corrected chi connectivity index (χ2v) is 6.13. The lowest BCUT2D eigenvalue weighted by atomic mass is 10.0. The summed E-state index contributed by atoms with van der Waals surface area (Å²) in [6.45, 7) is 3.21. The number of hydrogen-bond acceptors (Lipinski definition) is 4. The van der Waals surface area contributed by atoms with Crippen molar-refractivity contribution >= 4 is 5.91 Å². The number of ether oxygens (including phenoxy) is 2. The van der Waals surface area contributed by atoms with E-state index in [1.54, 1.807) is 0 Å². The van der Waals surface area contributed by atoms with Crippen LogP contribution in [0.15, 0.2) is 18.2 Å². The molecular weight excluding hydrogens is 299 g/mol. The second-order valence-electron chi connectivity index (χ2n) is 6.13. The highest BCUT2D eigenvalue weighted by Crippen LogP contribution is 2.22. The smallest absolute Gasteiger partial charge is 0.255 e. The molecule has 5 nitrogen and oxygen atoms in total. The Balaban J connectivity index is 1.70. The van der Waals surface area contributed by atoms with Gasteiger partial charge in [0.15, 0.2) is 0 Å². The first-order valence-electron chi connectivity index (χ1n) is 8.15. The third kappa shape index (κ3) is 3.64. The highest BCUT2D eigenvalue weighted by molar-refractivity contribution is 5.97. The van der Waals surface area contributed by atoms with Gasteiger partial charge in [-0.15, -0.1) is 0 Å². The van der Waals surface area contributed by atoms with E-state index in [9.17, 15) is 9.18 Å². The number of methoxy groups -OCH3 is 1. The Bertz CT molecular complexity index is 561. The van der Waals surface area contributed by atoms with E-state index < -0.39 is 5.82 Å². The number of hydrogen-bond donors (Lipinski definition) is 1. The fraction of sp³-hybridized carbons (Fsp3) is 0.588. The number of carbonyl (C=O) groups is 1. The predicted molar refractivity (Wildman–Crippen MR) is 84.2 cm³/mol. The van der Waals surface area contributed by atoms with Crippen molar-refractivity contribution in [1.29, 1.82) is 0 Å². The summed E-state index contributed by atoms with van der Waals surface area (Å²) in [5, 5.41) is 2.99. The summed E-state index contributed by atoms with van der Waals surface area (Å²) in [7, 11) is 1.47. The topological polar surface area (TPSA) is 50.8 Å². The summed E-state index contributed by atoms with van der Waals surface area (Å²) in [5.74, 6) is -0.401. The lowest BCUT2D eigenvalue weighted by molar-refractivity contribution is 0.0896. The van der Waals surface area contributed by atoms with Gasteiger partial charge in [0.1, 0.15) is 11.6 Å². The van der Waals surface area contributed by atoms with E-state index in [4.69, 9.17) is 9.47 Å². The van der Waals surface area contributed by atoms with Gasteiger partial charge in [0.25, 0.3) is 5.91 Å². The highest BCUT2D eigenvalue weighted by Gasteiger charge is 2.35. The van der Waals surface area contributed by atoms with E-state index in [1.165, 1.54) is 44.6 Å². The van der Waals surface area contributed by atoms with Gasteiger partial charge < -0.3 is 14.8 Å². The molecule has 2 aliphatic rings. The summed E-state index contributed by atoms with van der Waals surface area (Å²) < 4.78 is 24.2. The Labute approximate surface area is 135 Å². The van der Waals surface area contributed by atoms with Crippen molar-refractivity contribution in [1.82, 2.24) is 10.2 Å². The second kappa shape index (κ2) is 7.27. The molecular formula is C17H23FN2O3. The van der Waals surface area contributed by atoms with Crippen molar-refractivity contribution in [3.05, 3.63) is 29.6 Å². The normalized spacial score (nSPS) is 25.3. The minimum atomic E-state index is -0.453. The molecule has 1 aromatic carbocycles. The number of benzene rings is 1. The van der Waals surface area contributed by atoms with E-state index >= 15 is 0 Å². The molecule has 1 N–H and O–H groups in total. The monoisotopic (exact) mass is 322 g/mol. The van der Waals surface area contributed by atoms with E-state index in [-0.39, 0.29) is 23.6 Å². The van der Waals surface area contributed by atoms with Crippen LogP contribution in [-0.2, 0) is 4.74 Å². The number of piperidine rings is 1. The first-order valence-corrected chi connectivity index (χ1v) is 8.15. The lowest BCUT2D eigenvalue weighted by Gasteiger charge is -2.34. The highest BCUT2D eigenvalue weighted by atomic mass is 19.1. The summed E-state index contributed by atoms with van der Waals surface area (Å²) in [6.07, 6.45) is 3.64. The van der Waals surface area contributed by atoms with Gasteiger partial charge in [-0.1, -0.05) is 6.42 Å². The van der Waals surface area contributed by atoms with Crippen LogP contribution in [0.1, 0.15) is 29.6 Å². The summed E-state index contributed by atoms with van der Waals surface area (Å²) in [4.78, 5) is 14.9. The van der Waals surface area contributed by atoms with Crippen molar-refractivity contribution in [2.24, 2.45) is 0 Å². The van der Waals surface area contributed by atoms with E-state index in [0.717, 1.165) is 13.1 Å². The predicted octanol–water partition coefficient (Wildman–Crippen LogP) is 1.82. The number of carbonyl (C=O) groups excluding carboxylic acids is 1. The largest absolute Gasteiger partial charge is 0.496 e. The van der Waals surface area contributed by atoms with Crippen LogP contribution in [-0.4, -0.2) is 56.3 Å². The van der Waals surface area contributed by atoms with Crippen LogP contribution in [0.25, 0.3) is 0 Å². The van der Waals surface area contributed by atoms with Crippen molar-refractivity contribution in [2.45, 2.75) is 31.3 Å². The van der Waals surface area contributed by atoms with Gasteiger partial charge in [0, 0.05) is 0 Å². The number of amides is 1. The summed E-state index contributed by atoms with van der Waals surface area (Å²) in [5.41, 5.74) is 0.219. The first-order chi connectivity index (χ1) is 11.2.